The first-order valence-electron chi connectivity index (χ1n) is 11.6. The number of aryl methyl sites for hydroxylation is 1. The third kappa shape index (κ3) is 9.68. The zero-order valence-corrected chi connectivity index (χ0v) is 20.8. The van der Waals surface area contributed by atoms with Gasteiger partial charge in [-0.1, -0.05) is 32.1 Å². The van der Waals surface area contributed by atoms with Crippen LogP contribution in [-0.4, -0.2) is 59.3 Å². The summed E-state index contributed by atoms with van der Waals surface area (Å²) in [7, 11) is 0. The minimum Gasteiger partial charge on any atom is -0.508 e. The SMILES string of the molecule is CC(C)[C@@H]1NC(=O)/C=C/[C@@H](NC(=O)OC(C)(C)C)COC(=O)[C@H](CCc2ccc(O)cc2)NC1=O. The second-order valence-corrected chi connectivity index (χ2v) is 9.74. The molecule has 3 amide bonds. The molecule has 0 aromatic heterocycles. The Morgan fingerprint density at radius 3 is 2.43 bits per heavy atom. The number of hydrogen-bond donors (Lipinski definition) is 4. The number of aromatic hydroxyl groups is 1. The maximum Gasteiger partial charge on any atom is 0.408 e. The molecule has 1 aliphatic rings. The standard InChI is InChI=1S/C25H35N3O7/c1-15(2)21-22(31)27-19(12-8-16-6-10-18(29)11-7-16)23(32)34-14-17(9-13-20(30)28-21)26-24(33)35-25(3,4)5/h6-7,9-11,13,15,17,19,21,29H,8,12,14H2,1-5H3,(H,26,33)(H,27,31)(H,28,30)/b13-9+/t17-,19+,21+/m1/s1. The van der Waals surface area contributed by atoms with E-state index in [1.165, 1.54) is 24.3 Å². The van der Waals surface area contributed by atoms with Gasteiger partial charge in [-0.05, 0) is 57.2 Å². The molecule has 192 valence electrons. The summed E-state index contributed by atoms with van der Waals surface area (Å²) in [6.07, 6.45) is 2.50. The summed E-state index contributed by atoms with van der Waals surface area (Å²) in [6, 6.07) is 3.83. The highest BCUT2D eigenvalue weighted by Crippen LogP contribution is 2.14. The summed E-state index contributed by atoms with van der Waals surface area (Å²) >= 11 is 0. The number of nitrogens with one attached hydrogen (secondary N) is 3. The third-order valence-corrected chi connectivity index (χ3v) is 5.09. The highest BCUT2D eigenvalue weighted by Gasteiger charge is 2.30. The summed E-state index contributed by atoms with van der Waals surface area (Å²) in [6.45, 7) is 8.42. The predicted octanol–water partition coefficient (Wildman–Crippen LogP) is 1.96. The van der Waals surface area contributed by atoms with Crippen molar-refractivity contribution in [2.24, 2.45) is 5.92 Å². The van der Waals surface area contributed by atoms with E-state index in [9.17, 15) is 24.3 Å². The van der Waals surface area contributed by atoms with Crippen LogP contribution < -0.4 is 16.0 Å². The maximum absolute atomic E-state index is 12.9. The first-order valence-corrected chi connectivity index (χ1v) is 11.6. The summed E-state index contributed by atoms with van der Waals surface area (Å²) in [5.41, 5.74) is 0.124. The smallest absolute Gasteiger partial charge is 0.408 e. The van der Waals surface area contributed by atoms with E-state index in [4.69, 9.17) is 9.47 Å². The molecule has 2 rings (SSSR count). The molecule has 0 fully saturated rings. The number of hydrogen-bond acceptors (Lipinski definition) is 7. The second-order valence-electron chi connectivity index (χ2n) is 9.74. The molecule has 10 heteroatoms. The molecule has 35 heavy (non-hydrogen) atoms. The molecule has 1 aromatic rings. The van der Waals surface area contributed by atoms with Gasteiger partial charge in [-0.15, -0.1) is 0 Å². The van der Waals surface area contributed by atoms with E-state index in [1.807, 2.05) is 0 Å². The minimum absolute atomic E-state index is 0.125. The van der Waals surface area contributed by atoms with Crippen molar-refractivity contribution in [3.05, 3.63) is 42.0 Å². The van der Waals surface area contributed by atoms with E-state index in [-0.39, 0.29) is 24.7 Å². The van der Waals surface area contributed by atoms with Gasteiger partial charge in [0, 0.05) is 6.08 Å². The maximum atomic E-state index is 12.9. The zero-order chi connectivity index (χ0) is 26.2. The number of benzene rings is 1. The summed E-state index contributed by atoms with van der Waals surface area (Å²) in [5.74, 6) is -1.82. The average Bonchev–Trinajstić information content (AvgIpc) is 2.75. The minimum atomic E-state index is -0.986. The van der Waals surface area contributed by atoms with E-state index in [2.05, 4.69) is 16.0 Å². The van der Waals surface area contributed by atoms with Crippen molar-refractivity contribution >= 4 is 23.9 Å². The number of rotatable bonds is 5. The number of alkyl carbamates (subject to hydrolysis) is 1. The fraction of sp³-hybridized carbons (Fsp3) is 0.520. The fourth-order valence-corrected chi connectivity index (χ4v) is 3.30. The molecule has 0 saturated heterocycles. The molecule has 0 bridgehead atoms. The summed E-state index contributed by atoms with van der Waals surface area (Å²) in [5, 5.41) is 17.4. The van der Waals surface area contributed by atoms with Crippen LogP contribution in [0.5, 0.6) is 5.75 Å². The Morgan fingerprint density at radius 1 is 1.17 bits per heavy atom. The Bertz CT molecular complexity index is 935. The van der Waals surface area contributed by atoms with Crippen LogP contribution in [0.15, 0.2) is 36.4 Å². The lowest BCUT2D eigenvalue weighted by atomic mass is 10.0. The quantitative estimate of drug-likeness (QED) is 0.463. The van der Waals surface area contributed by atoms with Gasteiger partial charge in [-0.3, -0.25) is 9.59 Å². The van der Waals surface area contributed by atoms with Crippen LogP contribution in [-0.2, 0) is 30.3 Å². The second kappa shape index (κ2) is 12.2. The molecule has 0 unspecified atom stereocenters. The van der Waals surface area contributed by atoms with Crippen molar-refractivity contribution in [2.75, 3.05) is 6.61 Å². The number of carbonyl (C=O) groups is 4. The molecule has 4 N–H and O–H groups in total. The van der Waals surface area contributed by atoms with Gasteiger partial charge in [0.1, 0.15) is 30.0 Å². The molecular formula is C25H35N3O7. The zero-order valence-electron chi connectivity index (χ0n) is 20.8. The highest BCUT2D eigenvalue weighted by molar-refractivity contribution is 5.94. The lowest BCUT2D eigenvalue weighted by Crippen LogP contribution is -2.54. The van der Waals surface area contributed by atoms with Gasteiger partial charge in [0.15, 0.2) is 0 Å². The molecule has 0 saturated carbocycles. The Balaban J connectivity index is 2.23. The molecule has 3 atom stereocenters. The van der Waals surface area contributed by atoms with Gasteiger partial charge in [0.25, 0.3) is 0 Å². The van der Waals surface area contributed by atoms with Gasteiger partial charge in [0.05, 0.1) is 6.04 Å². The van der Waals surface area contributed by atoms with Crippen molar-refractivity contribution in [3.8, 4) is 5.75 Å². The highest BCUT2D eigenvalue weighted by atomic mass is 16.6. The number of phenolic OH excluding ortho intramolecular Hbond substituents is 1. The predicted molar refractivity (Wildman–Crippen MR) is 128 cm³/mol. The van der Waals surface area contributed by atoms with E-state index < -0.39 is 47.6 Å². The molecule has 1 heterocycles. The van der Waals surface area contributed by atoms with Crippen LogP contribution in [0.3, 0.4) is 0 Å². The Hall–Kier alpha value is -3.56. The fourth-order valence-electron chi connectivity index (χ4n) is 3.30. The lowest BCUT2D eigenvalue weighted by molar-refractivity contribution is -0.149. The van der Waals surface area contributed by atoms with Crippen LogP contribution in [0.1, 0.15) is 46.6 Å². The number of cyclic esters (lactones) is 1. The third-order valence-electron chi connectivity index (χ3n) is 5.09. The Labute approximate surface area is 205 Å². The Morgan fingerprint density at radius 2 is 1.83 bits per heavy atom. The largest absolute Gasteiger partial charge is 0.508 e. The van der Waals surface area contributed by atoms with Crippen molar-refractivity contribution in [1.29, 1.82) is 0 Å². The first-order chi connectivity index (χ1) is 16.3. The molecule has 1 aliphatic heterocycles. The van der Waals surface area contributed by atoms with Gasteiger partial charge in [0.2, 0.25) is 11.8 Å². The van der Waals surface area contributed by atoms with Gasteiger partial charge < -0.3 is 30.5 Å². The van der Waals surface area contributed by atoms with Crippen molar-refractivity contribution in [2.45, 2.75) is 71.2 Å². The lowest BCUT2D eigenvalue weighted by Gasteiger charge is -2.26. The van der Waals surface area contributed by atoms with Gasteiger partial charge >= 0.3 is 12.1 Å². The molecule has 1 aromatic carbocycles. The van der Waals surface area contributed by atoms with Gasteiger partial charge in [-0.2, -0.15) is 0 Å². The normalized spacial score (nSPS) is 22.7. The number of amides is 3. The molecule has 0 spiro atoms. The number of carbonyl (C=O) groups excluding carboxylic acids is 4. The molecule has 0 radical (unpaired) electrons. The van der Waals surface area contributed by atoms with E-state index in [0.29, 0.717) is 6.42 Å². The van der Waals surface area contributed by atoms with E-state index in [1.54, 1.807) is 46.8 Å². The van der Waals surface area contributed by atoms with Gasteiger partial charge in [-0.25, -0.2) is 9.59 Å². The van der Waals surface area contributed by atoms with Crippen molar-refractivity contribution < 1.29 is 33.8 Å². The number of ether oxygens (including phenoxy) is 2. The van der Waals surface area contributed by atoms with Crippen LogP contribution in [0, 0.1) is 5.92 Å². The van der Waals surface area contributed by atoms with E-state index in [0.717, 1.165) is 5.56 Å². The van der Waals surface area contributed by atoms with Crippen LogP contribution >= 0.6 is 0 Å². The molecule has 10 nitrogen and oxygen atoms in total. The number of esters is 1. The van der Waals surface area contributed by atoms with Crippen LogP contribution in [0.25, 0.3) is 0 Å². The average molecular weight is 490 g/mol. The van der Waals surface area contributed by atoms with Crippen LogP contribution in [0.2, 0.25) is 0 Å². The molecular weight excluding hydrogens is 454 g/mol. The van der Waals surface area contributed by atoms with Crippen LogP contribution in [0.4, 0.5) is 4.79 Å². The topological polar surface area (TPSA) is 143 Å². The summed E-state index contributed by atoms with van der Waals surface area (Å²) in [4.78, 5) is 50.5. The number of phenols is 1. The summed E-state index contributed by atoms with van der Waals surface area (Å²) < 4.78 is 10.7. The van der Waals surface area contributed by atoms with Crippen molar-refractivity contribution in [3.63, 3.8) is 0 Å². The Kier molecular flexibility index (Phi) is 9.68. The first kappa shape index (κ1) is 27.7. The molecule has 0 aliphatic carbocycles. The monoisotopic (exact) mass is 489 g/mol. The van der Waals surface area contributed by atoms with Crippen molar-refractivity contribution in [1.82, 2.24) is 16.0 Å². The van der Waals surface area contributed by atoms with E-state index >= 15 is 0 Å².